The van der Waals surface area contributed by atoms with Gasteiger partial charge in [-0.2, -0.15) is 31.2 Å². The number of benzene rings is 1. The van der Waals surface area contributed by atoms with E-state index in [9.17, 15) is 21.6 Å². The van der Waals surface area contributed by atoms with Gasteiger partial charge in [0.05, 0.1) is 10.6 Å². The summed E-state index contributed by atoms with van der Waals surface area (Å²) in [5.74, 6) is 0. The van der Waals surface area contributed by atoms with Crippen LogP contribution < -0.4 is 4.83 Å². The molecule has 0 aliphatic rings. The molecule has 3 aromatic rings. The normalized spacial score (nSPS) is 12.1. The number of alkyl halides is 3. The Bertz CT molecular complexity index is 971. The fraction of sp³-hybridized carbons (Fsp3) is 0.0667. The maximum atomic E-state index is 13.0. The first-order valence-electron chi connectivity index (χ1n) is 6.93. The van der Waals surface area contributed by atoms with E-state index in [0.29, 0.717) is 4.79 Å². The lowest BCUT2D eigenvalue weighted by Crippen LogP contribution is -2.25. The summed E-state index contributed by atoms with van der Waals surface area (Å²) < 4.78 is 63.7. The van der Waals surface area contributed by atoms with Gasteiger partial charge in [-0.05, 0) is 30.3 Å². The molecule has 0 unspecified atom stereocenters. The molecule has 6 nitrogen and oxygen atoms in total. The van der Waals surface area contributed by atoms with E-state index in [1.807, 2.05) is 4.83 Å². The Hall–Kier alpha value is -2.88. The summed E-state index contributed by atoms with van der Waals surface area (Å²) in [4.78, 5) is 6.36. The van der Waals surface area contributed by atoms with Gasteiger partial charge in [-0.3, -0.25) is 4.98 Å². The third-order valence-electron chi connectivity index (χ3n) is 3.22. The Morgan fingerprint density at radius 1 is 1.04 bits per heavy atom. The lowest BCUT2D eigenvalue weighted by Gasteiger charge is -2.11. The Labute approximate surface area is 141 Å². The largest absolute Gasteiger partial charge is 0.435 e. The minimum Gasteiger partial charge on any atom is -0.264 e. The quantitative estimate of drug-likeness (QED) is 0.768. The number of hydrogen-bond acceptors (Lipinski definition) is 4. The van der Waals surface area contributed by atoms with Crippen LogP contribution in [0.25, 0.3) is 11.3 Å². The lowest BCUT2D eigenvalue weighted by molar-refractivity contribution is -0.141. The molecule has 2 heterocycles. The molecule has 25 heavy (non-hydrogen) atoms. The molecular weight excluding hydrogens is 357 g/mol. The average molecular weight is 368 g/mol. The van der Waals surface area contributed by atoms with Crippen molar-refractivity contribution in [3.63, 3.8) is 0 Å². The highest BCUT2D eigenvalue weighted by Gasteiger charge is 2.35. The zero-order valence-electron chi connectivity index (χ0n) is 12.5. The van der Waals surface area contributed by atoms with Gasteiger partial charge in [0, 0.05) is 18.0 Å². The first-order valence-corrected chi connectivity index (χ1v) is 8.41. The van der Waals surface area contributed by atoms with Crippen molar-refractivity contribution in [2.75, 3.05) is 4.83 Å². The van der Waals surface area contributed by atoms with E-state index in [1.165, 1.54) is 48.8 Å². The summed E-state index contributed by atoms with van der Waals surface area (Å²) >= 11 is 0. The van der Waals surface area contributed by atoms with E-state index in [2.05, 4.69) is 10.1 Å². The second-order valence-electron chi connectivity index (χ2n) is 4.97. The van der Waals surface area contributed by atoms with Crippen molar-refractivity contribution in [2.24, 2.45) is 0 Å². The van der Waals surface area contributed by atoms with Crippen LogP contribution in [0.3, 0.4) is 0 Å². The molecular formula is C15H11F3N4O2S. The summed E-state index contributed by atoms with van der Waals surface area (Å²) in [6.07, 6.45) is -1.96. The third kappa shape index (κ3) is 3.63. The number of halogens is 3. The Balaban J connectivity index is 2.08. The molecule has 0 saturated heterocycles. The van der Waals surface area contributed by atoms with Crippen LogP contribution in [0.15, 0.2) is 65.8 Å². The van der Waals surface area contributed by atoms with Crippen molar-refractivity contribution in [3.05, 3.63) is 66.6 Å². The van der Waals surface area contributed by atoms with E-state index in [0.717, 1.165) is 6.07 Å². The topological polar surface area (TPSA) is 76.9 Å². The van der Waals surface area contributed by atoms with E-state index in [4.69, 9.17) is 0 Å². The zero-order valence-corrected chi connectivity index (χ0v) is 13.3. The first kappa shape index (κ1) is 17.0. The van der Waals surface area contributed by atoms with Gasteiger partial charge in [-0.1, -0.05) is 18.2 Å². The van der Waals surface area contributed by atoms with Gasteiger partial charge < -0.3 is 0 Å². The summed E-state index contributed by atoms with van der Waals surface area (Å²) in [5, 5.41) is 3.34. The highest BCUT2D eigenvalue weighted by atomic mass is 32.2. The molecule has 0 bridgehead atoms. The fourth-order valence-corrected chi connectivity index (χ4v) is 3.06. The monoisotopic (exact) mass is 368 g/mol. The highest BCUT2D eigenvalue weighted by Crippen LogP contribution is 2.31. The summed E-state index contributed by atoms with van der Waals surface area (Å²) in [6.45, 7) is 0. The molecule has 3 rings (SSSR count). The SMILES string of the molecule is O=S(=O)(Nn1nc(C(F)(F)F)cc1-c1cccnc1)c1ccccc1. The Morgan fingerprint density at radius 2 is 1.76 bits per heavy atom. The van der Waals surface area contributed by atoms with Crippen molar-refractivity contribution in [3.8, 4) is 11.3 Å². The van der Waals surface area contributed by atoms with Gasteiger partial charge in [0.15, 0.2) is 5.69 Å². The molecule has 10 heteroatoms. The second kappa shape index (κ2) is 6.20. The van der Waals surface area contributed by atoms with Crippen LogP contribution in [0.5, 0.6) is 0 Å². The maximum absolute atomic E-state index is 13.0. The molecule has 130 valence electrons. The highest BCUT2D eigenvalue weighted by molar-refractivity contribution is 7.92. The number of pyridine rings is 1. The van der Waals surface area contributed by atoms with Crippen molar-refractivity contribution < 1.29 is 21.6 Å². The van der Waals surface area contributed by atoms with Gasteiger partial charge in [0.1, 0.15) is 0 Å². The molecule has 0 aliphatic heterocycles. The van der Waals surface area contributed by atoms with Crippen LogP contribution in [0.1, 0.15) is 5.69 Å². The van der Waals surface area contributed by atoms with Crippen LogP contribution in [-0.4, -0.2) is 23.3 Å². The Kier molecular flexibility index (Phi) is 4.21. The number of aromatic nitrogens is 3. The van der Waals surface area contributed by atoms with Crippen LogP contribution >= 0.6 is 0 Å². The molecule has 1 N–H and O–H groups in total. The smallest absolute Gasteiger partial charge is 0.264 e. The van der Waals surface area contributed by atoms with Crippen LogP contribution in [0.4, 0.5) is 13.2 Å². The molecule has 0 atom stereocenters. The number of hydrogen-bond donors (Lipinski definition) is 1. The summed E-state index contributed by atoms with van der Waals surface area (Å²) in [5.41, 5.74) is -1.02. The summed E-state index contributed by atoms with van der Waals surface area (Å²) in [7, 11) is -4.11. The van der Waals surface area contributed by atoms with Gasteiger partial charge in [0.2, 0.25) is 0 Å². The third-order valence-corrected chi connectivity index (χ3v) is 4.52. The standard InChI is InChI=1S/C15H11F3N4O2S/c16-15(17,18)14-9-13(11-5-4-8-19-10-11)22(20-14)21-25(23,24)12-6-2-1-3-7-12/h1-10,21H. The minimum absolute atomic E-state index is 0.0834. The molecule has 0 radical (unpaired) electrons. The maximum Gasteiger partial charge on any atom is 0.435 e. The number of nitrogens with zero attached hydrogens (tertiary/aromatic N) is 3. The molecule has 0 saturated carbocycles. The minimum atomic E-state index is -4.72. The van der Waals surface area contributed by atoms with Crippen molar-refractivity contribution >= 4 is 10.0 Å². The van der Waals surface area contributed by atoms with Crippen LogP contribution in [0.2, 0.25) is 0 Å². The van der Waals surface area contributed by atoms with Crippen molar-refractivity contribution in [2.45, 2.75) is 11.1 Å². The first-order chi connectivity index (χ1) is 11.8. The number of sulfonamides is 1. The predicted molar refractivity (Wildman–Crippen MR) is 83.4 cm³/mol. The summed E-state index contributed by atoms with van der Waals surface area (Å²) in [6, 6.07) is 11.0. The van der Waals surface area contributed by atoms with Gasteiger partial charge in [-0.15, -0.1) is 5.10 Å². The van der Waals surface area contributed by atoms with E-state index in [-0.39, 0.29) is 16.2 Å². The van der Waals surface area contributed by atoms with Crippen LogP contribution in [0, 0.1) is 0 Å². The zero-order chi connectivity index (χ0) is 18.1. The molecule has 1 aromatic carbocycles. The Morgan fingerprint density at radius 3 is 2.36 bits per heavy atom. The second-order valence-corrected chi connectivity index (χ2v) is 6.63. The number of nitrogens with one attached hydrogen (secondary N) is 1. The van der Waals surface area contributed by atoms with Crippen molar-refractivity contribution in [1.29, 1.82) is 0 Å². The van der Waals surface area contributed by atoms with E-state index in [1.54, 1.807) is 6.07 Å². The molecule has 0 aliphatic carbocycles. The fourth-order valence-electron chi connectivity index (χ4n) is 2.08. The predicted octanol–water partition coefficient (Wildman–Crippen LogP) is 2.90. The molecule has 0 spiro atoms. The molecule has 0 amide bonds. The van der Waals surface area contributed by atoms with Gasteiger partial charge in [0.25, 0.3) is 10.0 Å². The average Bonchev–Trinajstić information content (AvgIpc) is 3.00. The molecule has 0 fully saturated rings. The van der Waals surface area contributed by atoms with E-state index >= 15 is 0 Å². The van der Waals surface area contributed by atoms with Crippen LogP contribution in [-0.2, 0) is 16.2 Å². The lowest BCUT2D eigenvalue weighted by atomic mass is 10.2. The van der Waals surface area contributed by atoms with Gasteiger partial charge in [-0.25, -0.2) is 0 Å². The van der Waals surface area contributed by atoms with Gasteiger partial charge >= 0.3 is 6.18 Å². The van der Waals surface area contributed by atoms with Crippen molar-refractivity contribution in [1.82, 2.24) is 14.9 Å². The number of rotatable bonds is 4. The van der Waals surface area contributed by atoms with E-state index < -0.39 is 21.9 Å². The molecule has 2 aromatic heterocycles.